The van der Waals surface area contributed by atoms with Gasteiger partial charge in [0.1, 0.15) is 6.29 Å². The molecule has 5 heteroatoms. The molecular weight excluding hydrogens is 402 g/mol. The fourth-order valence-corrected chi connectivity index (χ4v) is 7.00. The van der Waals surface area contributed by atoms with Gasteiger partial charge in [0.05, 0.1) is 0 Å². The summed E-state index contributed by atoms with van der Waals surface area (Å²) < 4.78 is 0. The van der Waals surface area contributed by atoms with Gasteiger partial charge in [-0.2, -0.15) is 0 Å². The Morgan fingerprint density at radius 3 is 2.21 bits per heavy atom. The van der Waals surface area contributed by atoms with E-state index >= 15 is 0 Å². The van der Waals surface area contributed by atoms with Crippen LogP contribution in [-0.4, -0.2) is 12.8 Å². The normalized spacial score (nSPS) is 11.7. The molecule has 0 spiro atoms. The quantitative estimate of drug-likeness (QED) is 0.368. The molecule has 0 aliphatic carbocycles. The number of hydrogen-bond donors (Lipinski definition) is 1. The van der Waals surface area contributed by atoms with Gasteiger partial charge in [-0.15, -0.1) is 34.0 Å². The molecule has 28 heavy (non-hydrogen) atoms. The van der Waals surface area contributed by atoms with Gasteiger partial charge in [0.15, 0.2) is 0 Å². The van der Waals surface area contributed by atoms with Crippen molar-refractivity contribution in [2.24, 2.45) is 5.73 Å². The number of thiophene rings is 3. The Labute approximate surface area is 180 Å². The van der Waals surface area contributed by atoms with Crippen LogP contribution in [0.25, 0.3) is 19.5 Å². The second-order valence-electron chi connectivity index (χ2n) is 7.72. The average Bonchev–Trinajstić information content (AvgIpc) is 3.37. The first-order valence-electron chi connectivity index (χ1n) is 9.94. The maximum atomic E-state index is 10.9. The molecule has 150 valence electrons. The molecule has 0 bridgehead atoms. The van der Waals surface area contributed by atoms with Crippen molar-refractivity contribution < 1.29 is 4.79 Å². The summed E-state index contributed by atoms with van der Waals surface area (Å²) in [6, 6.07) is 9.16. The molecule has 0 aliphatic rings. The van der Waals surface area contributed by atoms with Gasteiger partial charge in [-0.05, 0) is 66.6 Å². The third kappa shape index (κ3) is 4.65. The van der Waals surface area contributed by atoms with Crippen LogP contribution in [-0.2, 0) is 17.6 Å². The number of carbonyl (C=O) groups is 1. The molecule has 3 aromatic heterocycles. The summed E-state index contributed by atoms with van der Waals surface area (Å²) in [5.41, 5.74) is 8.59. The van der Waals surface area contributed by atoms with Crippen molar-refractivity contribution in [2.75, 3.05) is 6.54 Å². The van der Waals surface area contributed by atoms with Crippen molar-refractivity contribution in [3.8, 4) is 19.5 Å². The highest BCUT2D eigenvalue weighted by molar-refractivity contribution is 7.26. The Balaban J connectivity index is 2.01. The highest BCUT2D eigenvalue weighted by Gasteiger charge is 2.18. The topological polar surface area (TPSA) is 43.1 Å². The van der Waals surface area contributed by atoms with Gasteiger partial charge in [-0.3, -0.25) is 0 Å². The zero-order chi connectivity index (χ0) is 20.3. The minimum absolute atomic E-state index is 0.481. The van der Waals surface area contributed by atoms with Gasteiger partial charge in [-0.25, -0.2) is 0 Å². The number of carbonyl (C=O) groups excluding carboxylic acids is 1. The van der Waals surface area contributed by atoms with Gasteiger partial charge in [0.2, 0.25) is 0 Å². The first-order valence-corrected chi connectivity index (χ1v) is 12.4. The van der Waals surface area contributed by atoms with Crippen LogP contribution in [0.2, 0.25) is 0 Å². The molecule has 0 amide bonds. The smallest absolute Gasteiger partial charge is 0.120 e. The van der Waals surface area contributed by atoms with Crippen LogP contribution in [0.1, 0.15) is 66.8 Å². The highest BCUT2D eigenvalue weighted by Crippen LogP contribution is 2.45. The van der Waals surface area contributed by atoms with E-state index in [4.69, 9.17) is 5.73 Å². The first kappa shape index (κ1) is 21.4. The van der Waals surface area contributed by atoms with Crippen LogP contribution in [0.4, 0.5) is 0 Å². The zero-order valence-electron chi connectivity index (χ0n) is 17.1. The predicted molar refractivity (Wildman–Crippen MR) is 126 cm³/mol. The fraction of sp³-hybridized carbons (Fsp3) is 0.435. The van der Waals surface area contributed by atoms with Crippen LogP contribution >= 0.6 is 34.0 Å². The molecule has 0 aromatic carbocycles. The second kappa shape index (κ2) is 9.49. The summed E-state index contributed by atoms with van der Waals surface area (Å²) in [6.45, 7) is 9.63. The SMILES string of the molecule is CC(C)c1ccc(-c2sc(-c3cc(CCC=O)c(C(C)C)s3)cc2CCN)s1. The summed E-state index contributed by atoms with van der Waals surface area (Å²) in [4.78, 5) is 19.1. The number of hydrogen-bond acceptors (Lipinski definition) is 5. The average molecular weight is 432 g/mol. The molecule has 2 N–H and O–H groups in total. The lowest BCUT2D eigenvalue weighted by Gasteiger charge is -2.04. The van der Waals surface area contributed by atoms with E-state index in [1.54, 1.807) is 0 Å². The Morgan fingerprint density at radius 2 is 1.61 bits per heavy atom. The van der Waals surface area contributed by atoms with Gasteiger partial charge in [0, 0.05) is 35.7 Å². The molecule has 0 radical (unpaired) electrons. The van der Waals surface area contributed by atoms with Gasteiger partial charge in [0.25, 0.3) is 0 Å². The molecule has 0 fully saturated rings. The molecule has 0 atom stereocenters. The van der Waals surface area contributed by atoms with Crippen molar-refractivity contribution in [1.29, 1.82) is 0 Å². The summed E-state index contributed by atoms with van der Waals surface area (Å²) >= 11 is 5.67. The van der Waals surface area contributed by atoms with Crippen LogP contribution < -0.4 is 5.73 Å². The van der Waals surface area contributed by atoms with Crippen LogP contribution in [0, 0.1) is 0 Å². The van der Waals surface area contributed by atoms with E-state index in [2.05, 4.69) is 52.0 Å². The van der Waals surface area contributed by atoms with E-state index in [-0.39, 0.29) is 0 Å². The number of aryl methyl sites for hydroxylation is 1. The monoisotopic (exact) mass is 431 g/mol. The molecule has 0 saturated heterocycles. The fourth-order valence-electron chi connectivity index (χ4n) is 3.35. The van der Waals surface area contributed by atoms with E-state index < -0.39 is 0 Å². The molecule has 0 saturated carbocycles. The lowest BCUT2D eigenvalue weighted by atomic mass is 10.0. The Bertz CT molecular complexity index is 930. The predicted octanol–water partition coefficient (Wildman–Crippen LogP) is 7.08. The van der Waals surface area contributed by atoms with Crippen molar-refractivity contribution in [3.63, 3.8) is 0 Å². The van der Waals surface area contributed by atoms with Gasteiger partial charge < -0.3 is 10.5 Å². The van der Waals surface area contributed by atoms with Crippen LogP contribution in [0.15, 0.2) is 24.3 Å². The summed E-state index contributed by atoms with van der Waals surface area (Å²) in [5, 5.41) is 0. The largest absolute Gasteiger partial charge is 0.330 e. The lowest BCUT2D eigenvalue weighted by Crippen LogP contribution is -2.02. The molecular formula is C23H29NOS3. The molecule has 3 rings (SSSR count). The lowest BCUT2D eigenvalue weighted by molar-refractivity contribution is -0.107. The van der Waals surface area contributed by atoms with E-state index in [1.807, 2.05) is 34.0 Å². The minimum Gasteiger partial charge on any atom is -0.330 e. The molecule has 0 aliphatic heterocycles. The van der Waals surface area contributed by atoms with Gasteiger partial charge in [-0.1, -0.05) is 27.7 Å². The maximum absolute atomic E-state index is 10.9. The van der Waals surface area contributed by atoms with E-state index in [1.165, 1.54) is 40.4 Å². The second-order valence-corrected chi connectivity index (χ2v) is 11.0. The Hall–Kier alpha value is -1.27. The summed E-state index contributed by atoms with van der Waals surface area (Å²) in [6.07, 6.45) is 3.36. The Morgan fingerprint density at radius 1 is 0.893 bits per heavy atom. The van der Waals surface area contributed by atoms with E-state index in [9.17, 15) is 4.79 Å². The number of nitrogens with two attached hydrogens (primary N) is 1. The zero-order valence-corrected chi connectivity index (χ0v) is 19.5. The standard InChI is InChI=1S/C23H29NOS3/c1-14(2)18-7-8-19(26-18)23-17(9-10-24)13-21(28-23)20-12-16(6-5-11-25)22(27-20)15(3)4/h7-8,11-15H,5-6,9-10,24H2,1-4H3. The molecule has 3 heterocycles. The van der Waals surface area contributed by atoms with E-state index in [0.717, 1.165) is 19.1 Å². The van der Waals surface area contributed by atoms with Crippen LogP contribution in [0.5, 0.6) is 0 Å². The van der Waals surface area contributed by atoms with Crippen molar-refractivity contribution in [3.05, 3.63) is 45.1 Å². The summed E-state index contributed by atoms with van der Waals surface area (Å²) in [5.74, 6) is 1.04. The highest BCUT2D eigenvalue weighted by atomic mass is 32.1. The number of rotatable bonds is 9. The first-order chi connectivity index (χ1) is 13.4. The minimum atomic E-state index is 0.481. The molecule has 3 aromatic rings. The maximum Gasteiger partial charge on any atom is 0.120 e. The van der Waals surface area contributed by atoms with Crippen molar-refractivity contribution in [2.45, 2.75) is 58.8 Å². The third-order valence-electron chi connectivity index (χ3n) is 4.78. The van der Waals surface area contributed by atoms with Gasteiger partial charge >= 0.3 is 0 Å². The van der Waals surface area contributed by atoms with Crippen molar-refractivity contribution in [1.82, 2.24) is 0 Å². The third-order valence-corrected chi connectivity index (χ3v) is 9.20. The van der Waals surface area contributed by atoms with Crippen LogP contribution in [0.3, 0.4) is 0 Å². The Kier molecular flexibility index (Phi) is 7.26. The molecule has 2 nitrogen and oxygen atoms in total. The molecule has 0 unspecified atom stereocenters. The summed E-state index contributed by atoms with van der Waals surface area (Å²) in [7, 11) is 0. The number of aldehydes is 1. The van der Waals surface area contributed by atoms with Crippen molar-refractivity contribution >= 4 is 40.3 Å². The van der Waals surface area contributed by atoms with E-state index in [0.29, 0.717) is 24.8 Å².